The minimum absolute atomic E-state index is 0.128. The predicted molar refractivity (Wildman–Crippen MR) is 81.5 cm³/mol. The van der Waals surface area contributed by atoms with E-state index < -0.39 is 0 Å². The lowest BCUT2D eigenvalue weighted by atomic mass is 10.1. The molecule has 5 heteroatoms. The van der Waals surface area contributed by atoms with Crippen LogP contribution in [0.2, 0.25) is 0 Å². The molecule has 0 spiro atoms. The second-order valence-corrected chi connectivity index (χ2v) is 4.71. The molecule has 0 heterocycles. The van der Waals surface area contributed by atoms with Crippen molar-refractivity contribution in [2.45, 2.75) is 13.8 Å². The van der Waals surface area contributed by atoms with E-state index in [1.54, 1.807) is 37.3 Å². The molecule has 0 bridgehead atoms. The van der Waals surface area contributed by atoms with Crippen LogP contribution in [0.1, 0.15) is 22.8 Å². The number of hydrogen-bond acceptors (Lipinski definition) is 3. The molecule has 3 N–H and O–H groups in total. The lowest BCUT2D eigenvalue weighted by Crippen LogP contribution is -2.13. The van der Waals surface area contributed by atoms with Crippen molar-refractivity contribution in [2.24, 2.45) is 0 Å². The molecule has 0 saturated carbocycles. The third kappa shape index (κ3) is 3.82. The van der Waals surface area contributed by atoms with Gasteiger partial charge in [0.1, 0.15) is 5.75 Å². The molecule has 0 unspecified atom stereocenters. The van der Waals surface area contributed by atoms with Gasteiger partial charge < -0.3 is 15.7 Å². The summed E-state index contributed by atoms with van der Waals surface area (Å²) in [4.78, 5) is 23.1. The number of carbonyl (C=O) groups excluding carboxylic acids is 2. The van der Waals surface area contributed by atoms with Crippen LogP contribution in [0.5, 0.6) is 5.75 Å². The molecule has 0 aliphatic heterocycles. The first-order chi connectivity index (χ1) is 9.95. The van der Waals surface area contributed by atoms with Gasteiger partial charge in [-0.2, -0.15) is 0 Å². The van der Waals surface area contributed by atoms with Crippen LogP contribution in [-0.4, -0.2) is 16.9 Å². The molecule has 0 atom stereocenters. The third-order valence-corrected chi connectivity index (χ3v) is 2.92. The van der Waals surface area contributed by atoms with Crippen molar-refractivity contribution in [3.05, 3.63) is 53.6 Å². The van der Waals surface area contributed by atoms with Crippen molar-refractivity contribution in [2.75, 3.05) is 10.6 Å². The molecule has 0 saturated heterocycles. The summed E-state index contributed by atoms with van der Waals surface area (Å²) in [6, 6.07) is 11.4. The summed E-state index contributed by atoms with van der Waals surface area (Å²) in [7, 11) is 0. The predicted octanol–water partition coefficient (Wildman–Crippen LogP) is 2.91. The fraction of sp³-hybridized carbons (Fsp3) is 0.125. The van der Waals surface area contributed by atoms with Gasteiger partial charge in [-0.25, -0.2) is 0 Å². The molecule has 2 amide bonds. The molecule has 2 aromatic carbocycles. The number of aryl methyl sites for hydroxylation is 1. The van der Waals surface area contributed by atoms with Gasteiger partial charge >= 0.3 is 0 Å². The molecule has 21 heavy (non-hydrogen) atoms. The molecule has 5 nitrogen and oxygen atoms in total. The molecule has 0 radical (unpaired) electrons. The Morgan fingerprint density at radius 1 is 0.952 bits per heavy atom. The molecule has 0 aliphatic rings. The molecule has 0 aromatic heterocycles. The number of nitrogens with one attached hydrogen (secondary N) is 2. The molecule has 0 aliphatic carbocycles. The average Bonchev–Trinajstić information content (AvgIpc) is 2.40. The zero-order valence-corrected chi connectivity index (χ0v) is 11.8. The van der Waals surface area contributed by atoms with Crippen molar-refractivity contribution < 1.29 is 14.7 Å². The largest absolute Gasteiger partial charge is 0.508 e. The first kappa shape index (κ1) is 14.6. The molecular formula is C16H16N2O3. The van der Waals surface area contributed by atoms with Crippen molar-refractivity contribution in [3.63, 3.8) is 0 Å². The molecule has 0 fully saturated rings. The Labute approximate surface area is 122 Å². The van der Waals surface area contributed by atoms with Crippen LogP contribution < -0.4 is 10.6 Å². The monoisotopic (exact) mass is 284 g/mol. The maximum absolute atomic E-state index is 12.1. The topological polar surface area (TPSA) is 78.4 Å². The van der Waals surface area contributed by atoms with Gasteiger partial charge in [0.25, 0.3) is 5.91 Å². The van der Waals surface area contributed by atoms with Gasteiger partial charge in [0.2, 0.25) is 5.91 Å². The molecule has 108 valence electrons. The third-order valence-electron chi connectivity index (χ3n) is 2.92. The van der Waals surface area contributed by atoms with Crippen LogP contribution in [0.15, 0.2) is 42.5 Å². The first-order valence-corrected chi connectivity index (χ1v) is 6.44. The summed E-state index contributed by atoms with van der Waals surface area (Å²) in [5.41, 5.74) is 2.49. The van der Waals surface area contributed by atoms with Crippen molar-refractivity contribution >= 4 is 23.2 Å². The minimum atomic E-state index is -0.250. The summed E-state index contributed by atoms with van der Waals surface area (Å²) in [5, 5.41) is 14.8. The summed E-state index contributed by atoms with van der Waals surface area (Å²) in [6.07, 6.45) is 0. The normalized spacial score (nSPS) is 10.0. The highest BCUT2D eigenvalue weighted by molar-refractivity contribution is 6.05. The second kappa shape index (κ2) is 6.09. The minimum Gasteiger partial charge on any atom is -0.508 e. The highest BCUT2D eigenvalue weighted by Gasteiger charge is 2.09. The lowest BCUT2D eigenvalue weighted by molar-refractivity contribution is -0.114. The SMILES string of the molecule is CC(=O)Nc1ccc(NC(=O)c2ccc(O)cc2C)cc1. The Balaban J connectivity index is 2.10. The van der Waals surface area contributed by atoms with Gasteiger partial charge in [-0.05, 0) is 55.0 Å². The van der Waals surface area contributed by atoms with Crippen molar-refractivity contribution in [1.82, 2.24) is 0 Å². The van der Waals surface area contributed by atoms with Crippen LogP contribution in [0.4, 0.5) is 11.4 Å². The van der Waals surface area contributed by atoms with Crippen LogP contribution in [0.3, 0.4) is 0 Å². The number of anilines is 2. The van der Waals surface area contributed by atoms with Crippen molar-refractivity contribution in [1.29, 1.82) is 0 Å². The summed E-state index contributed by atoms with van der Waals surface area (Å²) in [6.45, 7) is 3.19. The lowest BCUT2D eigenvalue weighted by Gasteiger charge is -2.09. The molecule has 2 aromatic rings. The highest BCUT2D eigenvalue weighted by Crippen LogP contribution is 2.18. The fourth-order valence-electron chi connectivity index (χ4n) is 1.94. The number of hydrogen-bond donors (Lipinski definition) is 3. The van der Waals surface area contributed by atoms with Gasteiger partial charge in [-0.3, -0.25) is 9.59 Å². The van der Waals surface area contributed by atoms with Gasteiger partial charge in [-0.1, -0.05) is 0 Å². The number of aromatic hydroxyl groups is 1. The summed E-state index contributed by atoms with van der Waals surface area (Å²) < 4.78 is 0. The Kier molecular flexibility index (Phi) is 4.23. The summed E-state index contributed by atoms with van der Waals surface area (Å²) >= 11 is 0. The quantitative estimate of drug-likeness (QED) is 0.811. The fourth-order valence-corrected chi connectivity index (χ4v) is 1.94. The highest BCUT2D eigenvalue weighted by atomic mass is 16.3. The average molecular weight is 284 g/mol. The number of amides is 2. The van der Waals surface area contributed by atoms with E-state index in [9.17, 15) is 14.7 Å². The first-order valence-electron chi connectivity index (χ1n) is 6.44. The molecular weight excluding hydrogens is 268 g/mol. The number of benzene rings is 2. The smallest absolute Gasteiger partial charge is 0.255 e. The van der Waals surface area contributed by atoms with Crippen LogP contribution >= 0.6 is 0 Å². The van der Waals surface area contributed by atoms with E-state index >= 15 is 0 Å². The number of rotatable bonds is 3. The maximum Gasteiger partial charge on any atom is 0.255 e. The van der Waals surface area contributed by atoms with Crippen molar-refractivity contribution in [3.8, 4) is 5.75 Å². The van der Waals surface area contributed by atoms with Crippen LogP contribution in [-0.2, 0) is 4.79 Å². The Morgan fingerprint density at radius 2 is 1.52 bits per heavy atom. The summed E-state index contributed by atoms with van der Waals surface area (Å²) in [5.74, 6) is -0.269. The van der Waals surface area contributed by atoms with Gasteiger partial charge in [0, 0.05) is 23.9 Å². The molecule has 2 rings (SSSR count). The van der Waals surface area contributed by atoms with Crippen LogP contribution in [0.25, 0.3) is 0 Å². The Bertz CT molecular complexity index is 678. The van der Waals surface area contributed by atoms with E-state index in [-0.39, 0.29) is 17.6 Å². The van der Waals surface area contributed by atoms with Gasteiger partial charge in [-0.15, -0.1) is 0 Å². The van der Waals surface area contributed by atoms with Gasteiger partial charge in [0.15, 0.2) is 0 Å². The van der Waals surface area contributed by atoms with E-state index in [2.05, 4.69) is 10.6 Å². The maximum atomic E-state index is 12.1. The van der Waals surface area contributed by atoms with E-state index in [0.29, 0.717) is 22.5 Å². The Hall–Kier alpha value is -2.82. The van der Waals surface area contributed by atoms with E-state index in [1.807, 2.05) is 0 Å². The second-order valence-electron chi connectivity index (χ2n) is 4.71. The van der Waals surface area contributed by atoms with Gasteiger partial charge in [0.05, 0.1) is 0 Å². The Morgan fingerprint density at radius 3 is 2.05 bits per heavy atom. The van der Waals surface area contributed by atoms with E-state index in [1.165, 1.54) is 19.1 Å². The van der Waals surface area contributed by atoms with Crippen LogP contribution in [0, 0.1) is 6.92 Å². The zero-order chi connectivity index (χ0) is 15.4. The standard InChI is InChI=1S/C16H16N2O3/c1-10-9-14(20)7-8-15(10)16(21)18-13-5-3-12(4-6-13)17-11(2)19/h3-9,20H,1-2H3,(H,17,19)(H,18,21). The number of phenolic OH excluding ortho intramolecular Hbond substituents is 1. The number of phenols is 1. The van der Waals surface area contributed by atoms with E-state index in [4.69, 9.17) is 0 Å². The number of carbonyl (C=O) groups is 2. The zero-order valence-electron chi connectivity index (χ0n) is 11.8. The van der Waals surface area contributed by atoms with E-state index in [0.717, 1.165) is 0 Å².